The van der Waals surface area contributed by atoms with Gasteiger partial charge in [0.2, 0.25) is 11.9 Å². The fourth-order valence-corrected chi connectivity index (χ4v) is 10.7. The van der Waals surface area contributed by atoms with Crippen LogP contribution in [0.1, 0.15) is 109 Å². The van der Waals surface area contributed by atoms with E-state index >= 15 is 0 Å². The first-order valence-corrected chi connectivity index (χ1v) is 27.1. The van der Waals surface area contributed by atoms with Crippen LogP contribution in [-0.2, 0) is 35.6 Å². The summed E-state index contributed by atoms with van der Waals surface area (Å²) >= 11 is 0. The number of nitrogens with two attached hydrogens (primary N) is 1. The number of aliphatic imine (C=N–C) groups is 1. The van der Waals surface area contributed by atoms with E-state index in [9.17, 15) is 32.7 Å². The van der Waals surface area contributed by atoms with E-state index in [4.69, 9.17) is 24.7 Å². The van der Waals surface area contributed by atoms with E-state index in [1.165, 1.54) is 0 Å². The molecule has 1 aliphatic rings. The molecule has 17 nitrogen and oxygen atoms in total. The van der Waals surface area contributed by atoms with Gasteiger partial charge in [-0.05, 0) is 150 Å². The molecule has 0 radical (unpaired) electrons. The van der Waals surface area contributed by atoms with Crippen LogP contribution in [0.5, 0.6) is 17.2 Å². The largest absolute Gasteiger partial charge is 0.493 e. The van der Waals surface area contributed by atoms with Gasteiger partial charge in [-0.1, -0.05) is 74.5 Å². The van der Waals surface area contributed by atoms with Gasteiger partial charge in [-0.2, -0.15) is 0 Å². The number of carboxylic acids is 1. The van der Waals surface area contributed by atoms with Crippen LogP contribution in [-0.4, -0.2) is 92.9 Å². The van der Waals surface area contributed by atoms with E-state index in [2.05, 4.69) is 39.5 Å². The topological polar surface area (TPSA) is 246 Å². The molecular weight excluding hydrogens is 977 g/mol. The number of sulfonamides is 1. The number of nitrogens with zero attached hydrogens (tertiary/aromatic N) is 1. The van der Waals surface area contributed by atoms with Gasteiger partial charge in [0.15, 0.2) is 6.61 Å². The zero-order valence-corrected chi connectivity index (χ0v) is 45.7. The van der Waals surface area contributed by atoms with E-state index < -0.39 is 63.8 Å². The molecular formula is C57H74N6O11S. The molecule has 0 aliphatic carbocycles. The van der Waals surface area contributed by atoms with Crippen molar-refractivity contribution >= 4 is 61.4 Å². The van der Waals surface area contributed by atoms with E-state index in [0.717, 1.165) is 44.7 Å². The molecule has 18 heteroatoms. The van der Waals surface area contributed by atoms with Crippen molar-refractivity contribution in [3.05, 3.63) is 95.1 Å². The number of hydrogen-bond donors (Lipinski definition) is 6. The number of carbonyl (C=O) groups is 4. The molecule has 1 heterocycles. The molecule has 0 unspecified atom stereocenters. The Hall–Kier alpha value is -7.08. The Morgan fingerprint density at radius 2 is 1.39 bits per heavy atom. The summed E-state index contributed by atoms with van der Waals surface area (Å²) in [4.78, 5) is 57.1. The van der Waals surface area contributed by atoms with Gasteiger partial charge in [-0.15, -0.1) is 0 Å². The number of unbranched alkanes of at least 4 members (excludes halogenated alkanes) is 1. The number of alkyl carbamates (subject to hydrolysis) is 1. The van der Waals surface area contributed by atoms with Gasteiger partial charge < -0.3 is 45.7 Å². The molecule has 1 aliphatic heterocycles. The average molecular weight is 1050 g/mol. The van der Waals surface area contributed by atoms with Crippen LogP contribution in [0.4, 0.5) is 4.79 Å². The molecule has 0 saturated heterocycles. The van der Waals surface area contributed by atoms with E-state index in [0.29, 0.717) is 65.7 Å². The maximum absolute atomic E-state index is 14.0. The second kappa shape index (κ2) is 24.5. The minimum absolute atomic E-state index is 0.0690. The molecule has 0 spiro atoms. The highest BCUT2D eigenvalue weighted by Crippen LogP contribution is 2.46. The molecule has 5 aromatic carbocycles. The monoisotopic (exact) mass is 1050 g/mol. The molecule has 0 saturated carbocycles. The Morgan fingerprint density at radius 3 is 1.99 bits per heavy atom. The Labute approximate surface area is 440 Å². The highest BCUT2D eigenvalue weighted by Gasteiger charge is 2.37. The number of rotatable bonds is 23. The zero-order valence-electron chi connectivity index (χ0n) is 44.9. The summed E-state index contributed by atoms with van der Waals surface area (Å²) in [5, 5.41) is 22.0. The number of ether oxygens (including phenoxy) is 4. The summed E-state index contributed by atoms with van der Waals surface area (Å²) in [6.45, 7) is 18.8. The summed E-state index contributed by atoms with van der Waals surface area (Å²) in [6.07, 6.45) is 1.62. The van der Waals surface area contributed by atoms with Crippen molar-refractivity contribution in [3.8, 4) is 28.4 Å². The van der Waals surface area contributed by atoms with Crippen LogP contribution >= 0.6 is 0 Å². The highest BCUT2D eigenvalue weighted by atomic mass is 32.2. The predicted molar refractivity (Wildman–Crippen MR) is 292 cm³/mol. The first-order valence-electron chi connectivity index (χ1n) is 25.6. The molecule has 75 heavy (non-hydrogen) atoms. The van der Waals surface area contributed by atoms with Gasteiger partial charge in [0.1, 0.15) is 40.5 Å². The summed E-state index contributed by atoms with van der Waals surface area (Å²) in [6, 6.07) is 20.9. The van der Waals surface area contributed by atoms with E-state index in [1.54, 1.807) is 34.6 Å². The number of aliphatic carboxylic acids is 1. The molecule has 2 atom stereocenters. The van der Waals surface area contributed by atoms with E-state index in [-0.39, 0.29) is 43.2 Å². The Bertz CT molecular complexity index is 3060. The molecule has 6 rings (SSSR count). The fraction of sp³-hybridized carbons (Fsp3) is 0.456. The predicted octanol–water partition coefficient (Wildman–Crippen LogP) is 8.93. The number of carbonyl (C=O) groups excluding carboxylic acids is 3. The van der Waals surface area contributed by atoms with Gasteiger partial charge in [-0.25, -0.2) is 22.7 Å². The van der Waals surface area contributed by atoms with Crippen molar-refractivity contribution < 1.29 is 51.6 Å². The number of nitrogens with one attached hydrogen (secondary N) is 4. The van der Waals surface area contributed by atoms with Gasteiger partial charge in [0.05, 0.1) is 11.5 Å². The first-order chi connectivity index (χ1) is 35.4. The molecule has 7 N–H and O–H groups in total. The van der Waals surface area contributed by atoms with Crippen LogP contribution < -0.4 is 40.6 Å². The lowest BCUT2D eigenvalue weighted by Crippen LogP contribution is -2.52. The minimum Gasteiger partial charge on any atom is -0.493 e. The van der Waals surface area contributed by atoms with Crippen LogP contribution in [0, 0.1) is 26.7 Å². The number of carboxylic acid groups (broad SMARTS) is 1. The Kier molecular flexibility index (Phi) is 18.7. The smallest absolute Gasteiger partial charge is 0.407 e. The van der Waals surface area contributed by atoms with Crippen LogP contribution in [0.2, 0.25) is 0 Å². The number of fused-ring (bicyclic) bond motifs is 3. The molecule has 0 bridgehead atoms. The molecule has 0 aromatic heterocycles. The second-order valence-corrected chi connectivity index (χ2v) is 22.8. The van der Waals surface area contributed by atoms with Crippen molar-refractivity contribution in [2.24, 2.45) is 16.6 Å². The van der Waals surface area contributed by atoms with Crippen LogP contribution in [0.3, 0.4) is 0 Å². The standard InChI is InChI=1S/C57H74N6O11S/c1-34(2)28-31-71-45-26-24-38-18-11-13-20-40(38)48(45)49-41-21-14-12-19-39(41)25-27-46(49)72-33-47(64)61-43(22-15-16-29-60-55(68)74-56(6,7)8)52(65)62-44(53(66)67)23-17-30-59-54(58)63-75(69,70)51-36(4)35(3)50-42(37(51)5)32-57(9,10)73-50/h11-14,18-21,24-27,34,43-44H,15-17,22-23,28-33H2,1-10H3,(H,60,68)(H,61,64)(H,62,65)(H,66,67)(H3,58,59,63)/t43-,44-/m0/s1. The van der Waals surface area contributed by atoms with Crippen molar-refractivity contribution in [2.45, 2.75) is 142 Å². The maximum atomic E-state index is 14.0. The normalized spacial score (nSPS) is 14.1. The number of benzene rings is 5. The Morgan fingerprint density at radius 1 is 0.787 bits per heavy atom. The Balaban J connectivity index is 1.16. The van der Waals surface area contributed by atoms with Gasteiger partial charge >= 0.3 is 12.1 Å². The van der Waals surface area contributed by atoms with Crippen molar-refractivity contribution in [2.75, 3.05) is 26.3 Å². The fourth-order valence-electron chi connectivity index (χ4n) is 9.18. The SMILES string of the molecule is Cc1c(C)c(S(=O)(=O)NC(N)=NCCC[C@H](NC(=O)[C@H](CCCCNC(=O)OC(C)(C)C)NC(=O)COc2ccc3ccccc3c2-c2c(OCCC(C)C)ccc3ccccc23)C(=O)O)c(C)c2c1OC(C)(C)C2. The number of guanidine groups is 1. The lowest BCUT2D eigenvalue weighted by Gasteiger charge is -2.22. The summed E-state index contributed by atoms with van der Waals surface area (Å²) in [5.41, 5.74) is 9.06. The number of hydrogen-bond acceptors (Lipinski definition) is 11. The van der Waals surface area contributed by atoms with Gasteiger partial charge in [-0.3, -0.25) is 14.6 Å². The summed E-state index contributed by atoms with van der Waals surface area (Å²) in [5.74, 6) is -0.909. The molecule has 3 amide bonds. The quantitative estimate of drug-likeness (QED) is 0.0204. The molecule has 0 fully saturated rings. The third-order valence-electron chi connectivity index (χ3n) is 12.9. The van der Waals surface area contributed by atoms with Crippen molar-refractivity contribution in [1.82, 2.24) is 20.7 Å². The van der Waals surface area contributed by atoms with E-state index in [1.807, 2.05) is 93.6 Å². The van der Waals surface area contributed by atoms with Gasteiger partial charge in [0, 0.05) is 36.2 Å². The van der Waals surface area contributed by atoms with Crippen molar-refractivity contribution in [1.29, 1.82) is 0 Å². The van der Waals surface area contributed by atoms with Crippen LogP contribution in [0.15, 0.2) is 82.7 Å². The maximum Gasteiger partial charge on any atom is 0.407 e. The summed E-state index contributed by atoms with van der Waals surface area (Å²) < 4.78 is 54.1. The molecule has 404 valence electrons. The third-order valence-corrected chi connectivity index (χ3v) is 14.6. The number of amides is 3. The summed E-state index contributed by atoms with van der Waals surface area (Å²) in [7, 11) is -4.18. The zero-order chi connectivity index (χ0) is 54.8. The highest BCUT2D eigenvalue weighted by molar-refractivity contribution is 7.90. The lowest BCUT2D eigenvalue weighted by atomic mass is 9.92. The van der Waals surface area contributed by atoms with Crippen LogP contribution in [0.25, 0.3) is 32.7 Å². The lowest BCUT2D eigenvalue weighted by molar-refractivity contribution is -0.142. The average Bonchev–Trinajstić information content (AvgIpc) is 3.67. The van der Waals surface area contributed by atoms with Gasteiger partial charge in [0.25, 0.3) is 15.9 Å². The third kappa shape index (κ3) is 15.0. The first kappa shape index (κ1) is 57.2. The second-order valence-electron chi connectivity index (χ2n) is 21.1. The molecule has 5 aromatic rings. The minimum atomic E-state index is -4.18. The van der Waals surface area contributed by atoms with Crippen molar-refractivity contribution in [3.63, 3.8) is 0 Å².